The summed E-state index contributed by atoms with van der Waals surface area (Å²) in [5, 5.41) is 0. The molecule has 4 nitrogen and oxygen atoms in total. The Balaban J connectivity index is 1.48. The standard InChI is InChI=1S/C24H38N2O2/c1-20(2)21-10-12-23(13-11-21)28-19-24(27)26-17-8-5-9-22(26)14-18-25-15-6-3-4-7-16-25/h10-13,20,22H,3-9,14-19H2,1-2H3. The summed E-state index contributed by atoms with van der Waals surface area (Å²) in [5.74, 6) is 1.44. The van der Waals surface area contributed by atoms with Crippen molar-refractivity contribution in [2.24, 2.45) is 0 Å². The summed E-state index contributed by atoms with van der Waals surface area (Å²) >= 11 is 0. The van der Waals surface area contributed by atoms with Crippen molar-refractivity contribution in [3.05, 3.63) is 29.8 Å². The molecule has 1 atom stereocenters. The summed E-state index contributed by atoms with van der Waals surface area (Å²) in [5.41, 5.74) is 1.29. The Bertz CT molecular complexity index is 591. The predicted octanol–water partition coefficient (Wildman–Crippen LogP) is 4.84. The first-order chi connectivity index (χ1) is 13.6. The summed E-state index contributed by atoms with van der Waals surface area (Å²) in [6.07, 6.45) is 10.0. The third-order valence-corrected chi connectivity index (χ3v) is 6.33. The van der Waals surface area contributed by atoms with Crippen LogP contribution in [0.1, 0.15) is 76.7 Å². The van der Waals surface area contributed by atoms with Crippen LogP contribution in [-0.4, -0.2) is 54.5 Å². The van der Waals surface area contributed by atoms with E-state index in [-0.39, 0.29) is 12.5 Å². The van der Waals surface area contributed by atoms with Crippen molar-refractivity contribution >= 4 is 5.91 Å². The number of carbonyl (C=O) groups is 1. The fourth-order valence-corrected chi connectivity index (χ4v) is 4.50. The van der Waals surface area contributed by atoms with Crippen LogP contribution in [0, 0.1) is 0 Å². The van der Waals surface area contributed by atoms with Crippen LogP contribution in [0.5, 0.6) is 5.75 Å². The zero-order chi connectivity index (χ0) is 19.8. The van der Waals surface area contributed by atoms with Crippen LogP contribution < -0.4 is 4.74 Å². The first kappa shape index (κ1) is 21.2. The van der Waals surface area contributed by atoms with Gasteiger partial charge < -0.3 is 14.5 Å². The molecule has 2 aliphatic heterocycles. The number of amides is 1. The van der Waals surface area contributed by atoms with E-state index in [4.69, 9.17) is 4.74 Å². The molecule has 0 N–H and O–H groups in total. The van der Waals surface area contributed by atoms with E-state index in [0.29, 0.717) is 12.0 Å². The Kier molecular flexibility index (Phi) is 8.20. The first-order valence-electron chi connectivity index (χ1n) is 11.4. The predicted molar refractivity (Wildman–Crippen MR) is 115 cm³/mol. The van der Waals surface area contributed by atoms with Gasteiger partial charge in [0.25, 0.3) is 5.91 Å². The van der Waals surface area contributed by atoms with Crippen LogP contribution in [0.25, 0.3) is 0 Å². The number of piperidine rings is 1. The second-order valence-electron chi connectivity index (χ2n) is 8.79. The van der Waals surface area contributed by atoms with Crippen molar-refractivity contribution in [1.29, 1.82) is 0 Å². The molecule has 2 fully saturated rings. The van der Waals surface area contributed by atoms with Crippen LogP contribution in [-0.2, 0) is 4.79 Å². The molecule has 1 unspecified atom stereocenters. The van der Waals surface area contributed by atoms with Crippen molar-refractivity contribution in [1.82, 2.24) is 9.80 Å². The quantitative estimate of drug-likeness (QED) is 0.672. The Labute approximate surface area is 171 Å². The van der Waals surface area contributed by atoms with Crippen LogP contribution in [0.3, 0.4) is 0 Å². The fraction of sp³-hybridized carbons (Fsp3) is 0.708. The van der Waals surface area contributed by atoms with Crippen molar-refractivity contribution in [3.63, 3.8) is 0 Å². The summed E-state index contributed by atoms with van der Waals surface area (Å²) < 4.78 is 5.81. The van der Waals surface area contributed by atoms with Gasteiger partial charge in [0.05, 0.1) is 0 Å². The number of rotatable bonds is 7. The minimum atomic E-state index is 0.147. The molecule has 2 aliphatic rings. The van der Waals surface area contributed by atoms with E-state index < -0.39 is 0 Å². The smallest absolute Gasteiger partial charge is 0.260 e. The minimum absolute atomic E-state index is 0.147. The number of carbonyl (C=O) groups excluding carboxylic acids is 1. The topological polar surface area (TPSA) is 32.8 Å². The lowest BCUT2D eigenvalue weighted by Gasteiger charge is -2.37. The molecule has 1 amide bonds. The molecular formula is C24H38N2O2. The van der Waals surface area contributed by atoms with Gasteiger partial charge in [0, 0.05) is 19.1 Å². The average molecular weight is 387 g/mol. The number of hydrogen-bond donors (Lipinski definition) is 0. The molecule has 28 heavy (non-hydrogen) atoms. The molecular weight excluding hydrogens is 348 g/mol. The Hall–Kier alpha value is -1.55. The maximum Gasteiger partial charge on any atom is 0.260 e. The van der Waals surface area contributed by atoms with Gasteiger partial charge >= 0.3 is 0 Å². The third-order valence-electron chi connectivity index (χ3n) is 6.33. The highest BCUT2D eigenvalue weighted by Crippen LogP contribution is 2.22. The molecule has 0 bridgehead atoms. The lowest BCUT2D eigenvalue weighted by atomic mass is 9.99. The van der Waals surface area contributed by atoms with Gasteiger partial charge in [0.1, 0.15) is 5.75 Å². The number of benzene rings is 1. The summed E-state index contributed by atoms with van der Waals surface area (Å²) in [7, 11) is 0. The molecule has 4 heteroatoms. The molecule has 0 saturated carbocycles. The molecule has 1 aromatic carbocycles. The SMILES string of the molecule is CC(C)c1ccc(OCC(=O)N2CCCCC2CCN2CCCCCC2)cc1. The Morgan fingerprint density at radius 2 is 1.68 bits per heavy atom. The zero-order valence-electron chi connectivity index (χ0n) is 17.9. The first-order valence-corrected chi connectivity index (χ1v) is 11.4. The average Bonchev–Trinajstić information content (AvgIpc) is 3.00. The van der Waals surface area contributed by atoms with Crippen LogP contribution in [0.15, 0.2) is 24.3 Å². The van der Waals surface area contributed by atoms with E-state index >= 15 is 0 Å². The van der Waals surface area contributed by atoms with Gasteiger partial charge in [-0.1, -0.05) is 38.8 Å². The van der Waals surface area contributed by atoms with Gasteiger partial charge in [-0.05, 0) is 75.2 Å². The van der Waals surface area contributed by atoms with Gasteiger partial charge in [-0.15, -0.1) is 0 Å². The molecule has 2 saturated heterocycles. The third kappa shape index (κ3) is 6.23. The van der Waals surface area contributed by atoms with Crippen LogP contribution in [0.4, 0.5) is 0 Å². The van der Waals surface area contributed by atoms with Crippen LogP contribution >= 0.6 is 0 Å². The highest BCUT2D eigenvalue weighted by molar-refractivity contribution is 5.78. The van der Waals surface area contributed by atoms with E-state index in [0.717, 1.165) is 38.1 Å². The molecule has 0 aliphatic carbocycles. The number of ether oxygens (including phenoxy) is 1. The number of hydrogen-bond acceptors (Lipinski definition) is 3. The Morgan fingerprint density at radius 1 is 1.00 bits per heavy atom. The van der Waals surface area contributed by atoms with Crippen molar-refractivity contribution in [2.45, 2.75) is 77.2 Å². The Morgan fingerprint density at radius 3 is 2.36 bits per heavy atom. The monoisotopic (exact) mass is 386 g/mol. The number of likely N-dealkylation sites (tertiary alicyclic amines) is 2. The van der Waals surface area contributed by atoms with E-state index in [9.17, 15) is 4.79 Å². The molecule has 2 heterocycles. The minimum Gasteiger partial charge on any atom is -0.484 e. The summed E-state index contributed by atoms with van der Waals surface area (Å²) in [6.45, 7) is 9.00. The van der Waals surface area contributed by atoms with Gasteiger partial charge in [-0.2, -0.15) is 0 Å². The van der Waals surface area contributed by atoms with E-state index in [1.807, 2.05) is 12.1 Å². The fourth-order valence-electron chi connectivity index (χ4n) is 4.50. The van der Waals surface area contributed by atoms with Crippen molar-refractivity contribution in [2.75, 3.05) is 32.8 Å². The largest absolute Gasteiger partial charge is 0.484 e. The van der Waals surface area contributed by atoms with Gasteiger partial charge in [0.15, 0.2) is 6.61 Å². The molecule has 0 aromatic heterocycles. The van der Waals surface area contributed by atoms with E-state index in [2.05, 4.69) is 35.8 Å². The van der Waals surface area contributed by atoms with Gasteiger partial charge in [0.2, 0.25) is 0 Å². The normalized spacial score (nSPS) is 21.5. The highest BCUT2D eigenvalue weighted by atomic mass is 16.5. The summed E-state index contributed by atoms with van der Waals surface area (Å²) in [4.78, 5) is 17.6. The summed E-state index contributed by atoms with van der Waals surface area (Å²) in [6, 6.07) is 8.53. The molecule has 0 spiro atoms. The van der Waals surface area contributed by atoms with E-state index in [1.165, 1.54) is 50.8 Å². The van der Waals surface area contributed by atoms with Crippen LogP contribution in [0.2, 0.25) is 0 Å². The lowest BCUT2D eigenvalue weighted by Crippen LogP contribution is -2.47. The molecule has 156 valence electrons. The molecule has 0 radical (unpaired) electrons. The zero-order valence-corrected chi connectivity index (χ0v) is 17.9. The van der Waals surface area contributed by atoms with Gasteiger partial charge in [-0.25, -0.2) is 0 Å². The maximum absolute atomic E-state index is 12.9. The lowest BCUT2D eigenvalue weighted by molar-refractivity contribution is -0.137. The molecule has 1 aromatic rings. The van der Waals surface area contributed by atoms with Crippen molar-refractivity contribution in [3.8, 4) is 5.75 Å². The van der Waals surface area contributed by atoms with Crippen molar-refractivity contribution < 1.29 is 9.53 Å². The number of nitrogens with zero attached hydrogens (tertiary/aromatic N) is 2. The molecule has 3 rings (SSSR count). The second-order valence-corrected chi connectivity index (χ2v) is 8.79. The highest BCUT2D eigenvalue weighted by Gasteiger charge is 2.27. The van der Waals surface area contributed by atoms with Gasteiger partial charge in [-0.3, -0.25) is 4.79 Å². The van der Waals surface area contributed by atoms with E-state index in [1.54, 1.807) is 0 Å². The maximum atomic E-state index is 12.9. The second kappa shape index (κ2) is 10.8.